The van der Waals surface area contributed by atoms with Gasteiger partial charge in [-0.3, -0.25) is 14.5 Å². The van der Waals surface area contributed by atoms with Crippen LogP contribution in [-0.4, -0.2) is 33.9 Å². The van der Waals surface area contributed by atoms with E-state index in [-0.39, 0.29) is 41.7 Å². The molecular weight excluding hydrogens is 562 g/mol. The number of amides is 2. The standard InChI is InChI=1S/C31H24F2N4O2S2/c32-22-10-8-20(9-11-22)17-34-26(38)18-36-27(39)19-41-30(25-7-4-16-40-25)28-29(21-5-2-1-3-6-21)35-37(31(28)36)24-14-12-23(33)13-15-24/h1-16,30H,17-19H2,(H,34,38). The minimum atomic E-state index is -0.393. The molecule has 1 aliphatic rings. The van der Waals surface area contributed by atoms with Gasteiger partial charge in [-0.25, -0.2) is 13.5 Å². The number of nitrogens with zero attached hydrogens (tertiary/aromatic N) is 3. The fourth-order valence-corrected chi connectivity index (χ4v) is 6.93. The lowest BCUT2D eigenvalue weighted by Crippen LogP contribution is -2.42. The van der Waals surface area contributed by atoms with Gasteiger partial charge in [0.05, 0.1) is 22.4 Å². The first-order chi connectivity index (χ1) is 20.0. The van der Waals surface area contributed by atoms with Gasteiger partial charge >= 0.3 is 0 Å². The van der Waals surface area contributed by atoms with Gasteiger partial charge in [0.1, 0.15) is 24.0 Å². The predicted molar refractivity (Wildman–Crippen MR) is 158 cm³/mol. The normalized spacial score (nSPS) is 14.9. The Hall–Kier alpha value is -4.28. The Morgan fingerprint density at radius 1 is 0.927 bits per heavy atom. The lowest BCUT2D eigenvalue weighted by Gasteiger charge is -2.23. The number of nitrogens with one attached hydrogen (secondary N) is 1. The lowest BCUT2D eigenvalue weighted by atomic mass is 10.0. The van der Waals surface area contributed by atoms with Crippen molar-refractivity contribution in [3.05, 3.63) is 124 Å². The number of hydrogen-bond acceptors (Lipinski definition) is 5. The molecular formula is C31H24F2N4O2S2. The summed E-state index contributed by atoms with van der Waals surface area (Å²) in [5.74, 6) is -0.739. The van der Waals surface area contributed by atoms with Crippen molar-refractivity contribution in [1.29, 1.82) is 0 Å². The van der Waals surface area contributed by atoms with E-state index in [0.29, 0.717) is 17.2 Å². The average molecular weight is 587 g/mol. The molecule has 10 heteroatoms. The van der Waals surface area contributed by atoms with Gasteiger partial charge in [-0.2, -0.15) is 5.10 Å². The molecule has 3 heterocycles. The Balaban J connectivity index is 1.47. The summed E-state index contributed by atoms with van der Waals surface area (Å²) in [6.07, 6.45) is 0. The maximum Gasteiger partial charge on any atom is 0.240 e. The molecule has 0 saturated carbocycles. The van der Waals surface area contributed by atoms with Crippen molar-refractivity contribution in [2.75, 3.05) is 17.2 Å². The molecule has 0 saturated heterocycles. The molecule has 0 aliphatic carbocycles. The molecule has 0 bridgehead atoms. The number of aromatic nitrogens is 2. The maximum absolute atomic E-state index is 13.9. The van der Waals surface area contributed by atoms with Crippen molar-refractivity contribution >= 4 is 40.7 Å². The van der Waals surface area contributed by atoms with Crippen molar-refractivity contribution in [2.24, 2.45) is 0 Å². The number of fused-ring (bicyclic) bond motifs is 1. The van der Waals surface area contributed by atoms with Gasteiger partial charge in [-0.1, -0.05) is 48.5 Å². The van der Waals surface area contributed by atoms with Crippen molar-refractivity contribution in [1.82, 2.24) is 15.1 Å². The van der Waals surface area contributed by atoms with Crippen LogP contribution in [-0.2, 0) is 16.1 Å². The number of rotatable bonds is 7. The Morgan fingerprint density at radius 3 is 2.32 bits per heavy atom. The highest BCUT2D eigenvalue weighted by Gasteiger charge is 2.38. The Kier molecular flexibility index (Phi) is 7.67. The monoisotopic (exact) mass is 586 g/mol. The number of thiophene rings is 1. The highest BCUT2D eigenvalue weighted by Crippen LogP contribution is 2.49. The van der Waals surface area contributed by atoms with Crippen molar-refractivity contribution in [3.63, 3.8) is 0 Å². The second-order valence-corrected chi connectivity index (χ2v) is 11.5. The van der Waals surface area contributed by atoms with Crippen LogP contribution in [0, 0.1) is 11.6 Å². The first-order valence-electron chi connectivity index (χ1n) is 12.9. The average Bonchev–Trinajstić information content (AvgIpc) is 3.63. The highest BCUT2D eigenvalue weighted by atomic mass is 32.2. The predicted octanol–water partition coefficient (Wildman–Crippen LogP) is 6.36. The quantitative estimate of drug-likeness (QED) is 0.241. The summed E-state index contributed by atoms with van der Waals surface area (Å²) in [6.45, 7) is -0.0566. The smallest absolute Gasteiger partial charge is 0.240 e. The molecule has 1 N–H and O–H groups in total. The van der Waals surface area contributed by atoms with Crippen molar-refractivity contribution < 1.29 is 18.4 Å². The minimum Gasteiger partial charge on any atom is -0.350 e. The van der Waals surface area contributed by atoms with Crippen LogP contribution in [0.1, 0.15) is 21.3 Å². The van der Waals surface area contributed by atoms with Crippen LogP contribution < -0.4 is 10.2 Å². The molecule has 0 spiro atoms. The van der Waals surface area contributed by atoms with E-state index in [9.17, 15) is 18.4 Å². The van der Waals surface area contributed by atoms with Crippen LogP contribution in [0.3, 0.4) is 0 Å². The molecule has 0 radical (unpaired) electrons. The van der Waals surface area contributed by atoms with Gasteiger partial charge in [0.2, 0.25) is 11.8 Å². The summed E-state index contributed by atoms with van der Waals surface area (Å²) in [6, 6.07) is 25.5. The fourth-order valence-electron chi connectivity index (χ4n) is 4.76. The van der Waals surface area contributed by atoms with Crippen LogP contribution in [0.15, 0.2) is 96.4 Å². The second-order valence-electron chi connectivity index (χ2n) is 9.43. The molecule has 1 unspecified atom stereocenters. The van der Waals surface area contributed by atoms with Gasteiger partial charge in [0, 0.05) is 22.5 Å². The van der Waals surface area contributed by atoms with Gasteiger partial charge < -0.3 is 5.32 Å². The topological polar surface area (TPSA) is 67.2 Å². The van der Waals surface area contributed by atoms with E-state index in [1.807, 2.05) is 47.8 Å². The molecule has 6 rings (SSSR count). The molecule has 6 nitrogen and oxygen atoms in total. The third kappa shape index (κ3) is 5.66. The second kappa shape index (κ2) is 11.7. The first kappa shape index (κ1) is 26.9. The molecule has 2 amide bonds. The Morgan fingerprint density at radius 2 is 1.63 bits per heavy atom. The molecule has 0 fully saturated rings. The first-order valence-corrected chi connectivity index (χ1v) is 14.8. The summed E-state index contributed by atoms with van der Waals surface area (Å²) in [5, 5.41) is 9.60. The van der Waals surface area contributed by atoms with Gasteiger partial charge in [-0.15, -0.1) is 23.1 Å². The summed E-state index contributed by atoms with van der Waals surface area (Å²) < 4.78 is 28.9. The molecule has 5 aromatic rings. The number of anilines is 1. The fraction of sp³-hybridized carbons (Fsp3) is 0.129. The summed E-state index contributed by atoms with van der Waals surface area (Å²) in [4.78, 5) is 29.5. The third-order valence-corrected chi connectivity index (χ3v) is 9.04. The Labute approximate surface area is 243 Å². The zero-order valence-electron chi connectivity index (χ0n) is 21.7. The van der Waals surface area contributed by atoms with Crippen LogP contribution >= 0.6 is 23.1 Å². The number of halogens is 2. The van der Waals surface area contributed by atoms with Crippen LogP contribution in [0.5, 0.6) is 0 Å². The van der Waals surface area contributed by atoms with E-state index >= 15 is 0 Å². The summed E-state index contributed by atoms with van der Waals surface area (Å²) in [7, 11) is 0. The maximum atomic E-state index is 13.9. The SMILES string of the molecule is O=C(CN1C(=O)CSC(c2cccs2)c2c(-c3ccccc3)nn(-c3ccc(F)cc3)c21)NCc1ccc(F)cc1. The molecule has 1 aliphatic heterocycles. The number of thioether (sulfide) groups is 1. The van der Waals surface area contributed by atoms with Gasteiger partial charge in [0.25, 0.3) is 0 Å². The minimum absolute atomic E-state index is 0.153. The van der Waals surface area contributed by atoms with E-state index in [1.165, 1.54) is 40.9 Å². The summed E-state index contributed by atoms with van der Waals surface area (Å²) in [5.41, 5.74) is 3.65. The number of carbonyl (C=O) groups is 2. The largest absolute Gasteiger partial charge is 0.350 e. The van der Waals surface area contributed by atoms with Crippen LogP contribution in [0.4, 0.5) is 14.6 Å². The van der Waals surface area contributed by atoms with E-state index in [2.05, 4.69) is 5.32 Å². The number of carbonyl (C=O) groups excluding carboxylic acids is 2. The zero-order valence-corrected chi connectivity index (χ0v) is 23.3. The number of benzene rings is 3. The van der Waals surface area contributed by atoms with E-state index in [0.717, 1.165) is 21.6 Å². The molecule has 3 aromatic carbocycles. The molecule has 1 atom stereocenters. The van der Waals surface area contributed by atoms with Crippen molar-refractivity contribution in [2.45, 2.75) is 11.8 Å². The Bertz CT molecular complexity index is 1670. The van der Waals surface area contributed by atoms with Gasteiger partial charge in [-0.05, 0) is 53.4 Å². The number of hydrogen-bond donors (Lipinski definition) is 1. The van der Waals surface area contributed by atoms with E-state index in [4.69, 9.17) is 5.10 Å². The van der Waals surface area contributed by atoms with Crippen LogP contribution in [0.2, 0.25) is 0 Å². The molecule has 41 heavy (non-hydrogen) atoms. The zero-order chi connectivity index (χ0) is 28.3. The summed E-state index contributed by atoms with van der Waals surface area (Å²) >= 11 is 3.09. The molecule has 2 aromatic heterocycles. The van der Waals surface area contributed by atoms with E-state index < -0.39 is 5.82 Å². The van der Waals surface area contributed by atoms with E-state index in [1.54, 1.807) is 40.3 Å². The van der Waals surface area contributed by atoms with Crippen molar-refractivity contribution in [3.8, 4) is 16.9 Å². The molecule has 206 valence electrons. The lowest BCUT2D eigenvalue weighted by molar-refractivity contribution is -0.123. The highest BCUT2D eigenvalue weighted by molar-refractivity contribution is 8.00. The third-order valence-electron chi connectivity index (χ3n) is 6.71. The van der Waals surface area contributed by atoms with Gasteiger partial charge in [0.15, 0.2) is 0 Å². The van der Waals surface area contributed by atoms with Crippen LogP contribution in [0.25, 0.3) is 16.9 Å².